The van der Waals surface area contributed by atoms with E-state index in [4.69, 9.17) is 0 Å². The highest BCUT2D eigenvalue weighted by molar-refractivity contribution is 7.89. The van der Waals surface area contributed by atoms with Crippen molar-refractivity contribution in [2.45, 2.75) is 31.2 Å². The first-order valence-electron chi connectivity index (χ1n) is 8.15. The molecule has 8 heteroatoms. The second-order valence-corrected chi connectivity index (χ2v) is 7.36. The largest absolute Gasteiger partial charge is 0.273 e. The smallest absolute Gasteiger partial charge is 0.269 e. The van der Waals surface area contributed by atoms with Crippen molar-refractivity contribution in [2.75, 3.05) is 0 Å². The first kappa shape index (κ1) is 19.6. The summed E-state index contributed by atoms with van der Waals surface area (Å²) in [4.78, 5) is 23.4. The zero-order valence-electron chi connectivity index (χ0n) is 14.4. The molecule has 0 saturated carbocycles. The zero-order chi connectivity index (χ0) is 19.0. The Morgan fingerprint density at radius 2 is 1.69 bits per heavy atom. The first-order valence-corrected chi connectivity index (χ1v) is 9.63. The molecule has 0 fully saturated rings. The number of sulfonamides is 1. The van der Waals surface area contributed by atoms with Crippen molar-refractivity contribution in [1.29, 1.82) is 0 Å². The van der Waals surface area contributed by atoms with Crippen molar-refractivity contribution >= 4 is 21.8 Å². The predicted octanol–water partition coefficient (Wildman–Crippen LogP) is 1.73. The minimum atomic E-state index is -3.77. The number of hydrazine groups is 1. The van der Waals surface area contributed by atoms with Crippen LogP contribution in [-0.2, 0) is 21.4 Å². The summed E-state index contributed by atoms with van der Waals surface area (Å²) < 4.78 is 27.3. The van der Waals surface area contributed by atoms with Crippen LogP contribution < -0.4 is 15.6 Å². The number of amides is 2. The molecule has 0 radical (unpaired) electrons. The SMILES string of the molecule is CCCC(=O)NNC(=O)c1cccc(S(=O)(=O)NCc2ccccc2)c1. The molecule has 3 N–H and O–H groups in total. The summed E-state index contributed by atoms with van der Waals surface area (Å²) >= 11 is 0. The molecule has 0 spiro atoms. The quantitative estimate of drug-likeness (QED) is 0.641. The number of rotatable bonds is 7. The maximum Gasteiger partial charge on any atom is 0.269 e. The molecule has 0 atom stereocenters. The van der Waals surface area contributed by atoms with Crippen LogP contribution in [0.3, 0.4) is 0 Å². The molecule has 7 nitrogen and oxygen atoms in total. The summed E-state index contributed by atoms with van der Waals surface area (Å²) in [5, 5.41) is 0. The topological polar surface area (TPSA) is 104 Å². The fourth-order valence-corrected chi connectivity index (χ4v) is 3.21. The van der Waals surface area contributed by atoms with E-state index in [2.05, 4.69) is 15.6 Å². The highest BCUT2D eigenvalue weighted by Crippen LogP contribution is 2.12. The van der Waals surface area contributed by atoms with E-state index in [1.165, 1.54) is 24.3 Å². The van der Waals surface area contributed by atoms with Gasteiger partial charge in [-0.2, -0.15) is 0 Å². The Bertz CT molecular complexity index is 867. The average Bonchev–Trinajstić information content (AvgIpc) is 2.66. The molecule has 2 aromatic rings. The van der Waals surface area contributed by atoms with Gasteiger partial charge in [-0.3, -0.25) is 20.4 Å². The molecule has 2 amide bonds. The van der Waals surface area contributed by atoms with E-state index in [0.29, 0.717) is 6.42 Å². The summed E-state index contributed by atoms with van der Waals surface area (Å²) in [5.41, 5.74) is 5.50. The standard InChI is InChI=1S/C18H21N3O4S/c1-2-7-17(22)20-21-18(23)15-10-6-11-16(12-15)26(24,25)19-13-14-8-4-3-5-9-14/h3-6,8-12,19H,2,7,13H2,1H3,(H,20,22)(H,21,23). The Morgan fingerprint density at radius 3 is 2.38 bits per heavy atom. The molecule has 0 aliphatic rings. The van der Waals surface area contributed by atoms with Crippen molar-refractivity contribution in [1.82, 2.24) is 15.6 Å². The molecular weight excluding hydrogens is 354 g/mol. The minimum Gasteiger partial charge on any atom is -0.273 e. The average molecular weight is 375 g/mol. The van der Waals surface area contributed by atoms with Crippen molar-refractivity contribution in [2.24, 2.45) is 0 Å². The molecule has 0 aliphatic heterocycles. The van der Waals surface area contributed by atoms with Crippen molar-refractivity contribution < 1.29 is 18.0 Å². The molecular formula is C18H21N3O4S. The van der Waals surface area contributed by atoms with Crippen LogP contribution >= 0.6 is 0 Å². The van der Waals surface area contributed by atoms with Crippen LogP contribution in [0.2, 0.25) is 0 Å². The minimum absolute atomic E-state index is 0.0269. The Kier molecular flexibility index (Phi) is 6.88. The number of hydrogen-bond donors (Lipinski definition) is 3. The summed E-state index contributed by atoms with van der Waals surface area (Å²) in [6.45, 7) is 1.99. The zero-order valence-corrected chi connectivity index (χ0v) is 15.2. The van der Waals surface area contributed by atoms with Gasteiger partial charge < -0.3 is 0 Å². The number of benzene rings is 2. The van der Waals surface area contributed by atoms with Gasteiger partial charge in [-0.15, -0.1) is 0 Å². The van der Waals surface area contributed by atoms with Crippen molar-refractivity contribution in [3.05, 3.63) is 65.7 Å². The van der Waals surface area contributed by atoms with Crippen LogP contribution in [0, 0.1) is 0 Å². The van der Waals surface area contributed by atoms with Gasteiger partial charge in [0.05, 0.1) is 4.90 Å². The van der Waals surface area contributed by atoms with Gasteiger partial charge in [-0.05, 0) is 30.2 Å². The maximum absolute atomic E-state index is 12.4. The van der Waals surface area contributed by atoms with E-state index in [0.717, 1.165) is 5.56 Å². The summed E-state index contributed by atoms with van der Waals surface area (Å²) in [7, 11) is -3.77. The van der Waals surface area contributed by atoms with Gasteiger partial charge in [0.1, 0.15) is 0 Å². The lowest BCUT2D eigenvalue weighted by molar-refractivity contribution is -0.121. The number of hydrogen-bond acceptors (Lipinski definition) is 4. The third-order valence-electron chi connectivity index (χ3n) is 3.51. The highest BCUT2D eigenvalue weighted by Gasteiger charge is 2.16. The van der Waals surface area contributed by atoms with Crippen LogP contribution in [-0.4, -0.2) is 20.2 Å². The van der Waals surface area contributed by atoms with Crippen LogP contribution in [0.15, 0.2) is 59.5 Å². The summed E-state index contributed by atoms with van der Waals surface area (Å²) in [6.07, 6.45) is 0.945. The number of nitrogens with one attached hydrogen (secondary N) is 3. The predicted molar refractivity (Wildman–Crippen MR) is 97.4 cm³/mol. The van der Waals surface area contributed by atoms with Gasteiger partial charge in [-0.1, -0.05) is 43.3 Å². The van der Waals surface area contributed by atoms with Crippen LogP contribution in [0.25, 0.3) is 0 Å². The molecule has 0 heterocycles. The second-order valence-electron chi connectivity index (χ2n) is 5.59. The lowest BCUT2D eigenvalue weighted by atomic mass is 10.2. The Balaban J connectivity index is 2.04. The van der Waals surface area contributed by atoms with Crippen LogP contribution in [0.4, 0.5) is 0 Å². The van der Waals surface area contributed by atoms with Gasteiger partial charge in [0, 0.05) is 18.5 Å². The highest BCUT2D eigenvalue weighted by atomic mass is 32.2. The lowest BCUT2D eigenvalue weighted by Crippen LogP contribution is -2.41. The Morgan fingerprint density at radius 1 is 0.962 bits per heavy atom. The van der Waals surface area contributed by atoms with Gasteiger partial charge in [0.2, 0.25) is 15.9 Å². The van der Waals surface area contributed by atoms with Gasteiger partial charge >= 0.3 is 0 Å². The summed E-state index contributed by atoms with van der Waals surface area (Å²) in [6, 6.07) is 14.7. The molecule has 0 aliphatic carbocycles. The first-order chi connectivity index (χ1) is 12.4. The molecule has 26 heavy (non-hydrogen) atoms. The maximum atomic E-state index is 12.4. The van der Waals surface area contributed by atoms with Gasteiger partial charge in [-0.25, -0.2) is 13.1 Å². The molecule has 2 rings (SSSR count). The van der Waals surface area contributed by atoms with E-state index in [1.807, 2.05) is 37.3 Å². The van der Waals surface area contributed by atoms with E-state index in [9.17, 15) is 18.0 Å². The number of carbonyl (C=O) groups excluding carboxylic acids is 2. The molecule has 2 aromatic carbocycles. The van der Waals surface area contributed by atoms with E-state index in [1.54, 1.807) is 0 Å². The summed E-state index contributed by atoms with van der Waals surface area (Å²) in [5.74, 6) is -0.899. The van der Waals surface area contributed by atoms with E-state index >= 15 is 0 Å². The number of carbonyl (C=O) groups is 2. The van der Waals surface area contributed by atoms with E-state index in [-0.39, 0.29) is 29.3 Å². The Labute approximate surface area is 152 Å². The third kappa shape index (κ3) is 5.68. The molecule has 138 valence electrons. The van der Waals surface area contributed by atoms with Crippen LogP contribution in [0.1, 0.15) is 35.7 Å². The normalized spacial score (nSPS) is 11.0. The lowest BCUT2D eigenvalue weighted by Gasteiger charge is -2.10. The van der Waals surface area contributed by atoms with Gasteiger partial charge in [0.15, 0.2) is 0 Å². The fraction of sp³-hybridized carbons (Fsp3) is 0.222. The third-order valence-corrected chi connectivity index (χ3v) is 4.91. The van der Waals surface area contributed by atoms with Crippen molar-refractivity contribution in [3.8, 4) is 0 Å². The van der Waals surface area contributed by atoms with Crippen molar-refractivity contribution in [3.63, 3.8) is 0 Å². The molecule has 0 aromatic heterocycles. The Hall–Kier alpha value is -2.71. The van der Waals surface area contributed by atoms with Gasteiger partial charge in [0.25, 0.3) is 5.91 Å². The molecule has 0 saturated heterocycles. The van der Waals surface area contributed by atoms with E-state index < -0.39 is 15.9 Å². The molecule has 0 unspecified atom stereocenters. The monoisotopic (exact) mass is 375 g/mol. The fourth-order valence-electron chi connectivity index (χ4n) is 2.15. The second kappa shape index (κ2) is 9.12. The van der Waals surface area contributed by atoms with Crippen LogP contribution in [0.5, 0.6) is 0 Å². The molecule has 0 bridgehead atoms.